The van der Waals surface area contributed by atoms with Gasteiger partial charge in [-0.1, -0.05) is 6.92 Å². The first-order valence-electron chi connectivity index (χ1n) is 4.81. The molecule has 4 N–H and O–H groups in total. The molecule has 1 rings (SSSR count). The lowest BCUT2D eigenvalue weighted by Gasteiger charge is -2.19. The predicted molar refractivity (Wildman–Crippen MR) is 66.5 cm³/mol. The van der Waals surface area contributed by atoms with Crippen LogP contribution in [0.3, 0.4) is 0 Å². The maximum atomic E-state index is 5.66. The van der Waals surface area contributed by atoms with Gasteiger partial charge in [0.05, 0.1) is 3.79 Å². The summed E-state index contributed by atoms with van der Waals surface area (Å²) in [6.45, 7) is 3.59. The van der Waals surface area contributed by atoms with Crippen LogP contribution in [0.25, 0.3) is 0 Å². The van der Waals surface area contributed by atoms with E-state index < -0.39 is 0 Å². The van der Waals surface area contributed by atoms with Crippen molar-refractivity contribution in [1.29, 1.82) is 0 Å². The second-order valence-corrected chi connectivity index (χ2v) is 6.17. The summed E-state index contributed by atoms with van der Waals surface area (Å²) in [5, 5.41) is 0. The summed E-state index contributed by atoms with van der Waals surface area (Å²) in [6, 6.07) is 4.25. The van der Waals surface area contributed by atoms with Gasteiger partial charge in [0.2, 0.25) is 0 Å². The average molecular weight is 277 g/mol. The van der Waals surface area contributed by atoms with Crippen LogP contribution in [0.5, 0.6) is 0 Å². The fourth-order valence-corrected chi connectivity index (χ4v) is 3.13. The Bertz CT molecular complexity index is 271. The van der Waals surface area contributed by atoms with Crippen molar-refractivity contribution in [2.75, 3.05) is 13.1 Å². The zero-order chi connectivity index (χ0) is 10.6. The zero-order valence-corrected chi connectivity index (χ0v) is 10.8. The minimum atomic E-state index is 0.441. The van der Waals surface area contributed by atoms with Gasteiger partial charge in [-0.3, -0.25) is 0 Å². The molecule has 0 fully saturated rings. The highest BCUT2D eigenvalue weighted by Crippen LogP contribution is 2.26. The molecule has 0 saturated heterocycles. The Kier molecular flexibility index (Phi) is 5.09. The number of halogens is 1. The summed E-state index contributed by atoms with van der Waals surface area (Å²) in [5.41, 5.74) is 11.3. The molecule has 1 atom stereocenters. The standard InChI is InChI=1S/C10H17BrN2S/c1-7(8(5-12)6-13)4-9-2-3-10(11)14-9/h2-3,7-8H,4-6,12-13H2,1H3. The second kappa shape index (κ2) is 5.85. The molecule has 1 aromatic heterocycles. The molecule has 0 saturated carbocycles. The van der Waals surface area contributed by atoms with E-state index in [2.05, 4.69) is 35.0 Å². The van der Waals surface area contributed by atoms with Gasteiger partial charge in [0.1, 0.15) is 0 Å². The lowest BCUT2D eigenvalue weighted by Crippen LogP contribution is -2.29. The number of nitrogens with two attached hydrogens (primary N) is 2. The molecule has 0 spiro atoms. The van der Waals surface area contributed by atoms with Crippen molar-refractivity contribution in [2.45, 2.75) is 13.3 Å². The smallest absolute Gasteiger partial charge is 0.0701 e. The molecule has 0 aromatic carbocycles. The molecule has 0 radical (unpaired) electrons. The molecule has 0 aliphatic heterocycles. The third-order valence-electron chi connectivity index (χ3n) is 2.56. The molecule has 0 amide bonds. The monoisotopic (exact) mass is 276 g/mol. The fourth-order valence-electron chi connectivity index (χ4n) is 1.51. The van der Waals surface area contributed by atoms with Gasteiger partial charge in [0, 0.05) is 4.88 Å². The molecule has 2 nitrogen and oxygen atoms in total. The second-order valence-electron chi connectivity index (χ2n) is 3.62. The molecular weight excluding hydrogens is 260 g/mol. The van der Waals surface area contributed by atoms with Crippen LogP contribution in [0.15, 0.2) is 15.9 Å². The molecule has 0 aliphatic rings. The summed E-state index contributed by atoms with van der Waals surface area (Å²) in [5.74, 6) is 1.01. The van der Waals surface area contributed by atoms with Gasteiger partial charge in [-0.15, -0.1) is 11.3 Å². The van der Waals surface area contributed by atoms with E-state index >= 15 is 0 Å². The first kappa shape index (κ1) is 12.2. The lowest BCUT2D eigenvalue weighted by molar-refractivity contribution is 0.374. The van der Waals surface area contributed by atoms with Crippen LogP contribution in [0.4, 0.5) is 0 Å². The van der Waals surface area contributed by atoms with Crippen molar-refractivity contribution >= 4 is 27.3 Å². The van der Waals surface area contributed by atoms with Crippen molar-refractivity contribution in [2.24, 2.45) is 23.3 Å². The number of rotatable bonds is 5. The average Bonchev–Trinajstić information content (AvgIpc) is 2.53. The van der Waals surface area contributed by atoms with Crippen LogP contribution in [-0.4, -0.2) is 13.1 Å². The minimum absolute atomic E-state index is 0.441. The number of thiophene rings is 1. The van der Waals surface area contributed by atoms with Crippen LogP contribution in [0.2, 0.25) is 0 Å². The summed E-state index contributed by atoms with van der Waals surface area (Å²) in [6.07, 6.45) is 1.08. The molecular formula is C10H17BrN2S. The van der Waals surface area contributed by atoms with Crippen molar-refractivity contribution in [3.63, 3.8) is 0 Å². The van der Waals surface area contributed by atoms with Crippen LogP contribution in [0.1, 0.15) is 11.8 Å². The third-order valence-corrected chi connectivity index (χ3v) is 4.21. The topological polar surface area (TPSA) is 52.0 Å². The summed E-state index contributed by atoms with van der Waals surface area (Å²) in [4.78, 5) is 1.40. The fraction of sp³-hybridized carbons (Fsp3) is 0.600. The molecule has 4 heteroatoms. The van der Waals surface area contributed by atoms with Gasteiger partial charge < -0.3 is 11.5 Å². The molecule has 1 heterocycles. The predicted octanol–water partition coefficient (Wildman–Crippen LogP) is 2.22. The molecule has 14 heavy (non-hydrogen) atoms. The maximum Gasteiger partial charge on any atom is 0.0701 e. The Hall–Kier alpha value is 0.1000. The largest absolute Gasteiger partial charge is 0.330 e. The Morgan fingerprint density at radius 1 is 1.36 bits per heavy atom. The Morgan fingerprint density at radius 2 is 2.00 bits per heavy atom. The van der Waals surface area contributed by atoms with Gasteiger partial charge in [-0.2, -0.15) is 0 Å². The van der Waals surface area contributed by atoms with E-state index in [1.807, 2.05) is 0 Å². The molecule has 0 bridgehead atoms. The van der Waals surface area contributed by atoms with Crippen LogP contribution >= 0.6 is 27.3 Å². The molecule has 0 aliphatic carbocycles. The van der Waals surface area contributed by atoms with E-state index in [0.717, 1.165) is 6.42 Å². The van der Waals surface area contributed by atoms with E-state index in [1.54, 1.807) is 11.3 Å². The van der Waals surface area contributed by atoms with Crippen molar-refractivity contribution in [1.82, 2.24) is 0 Å². The summed E-state index contributed by atoms with van der Waals surface area (Å²) >= 11 is 5.25. The molecule has 1 aromatic rings. The highest BCUT2D eigenvalue weighted by atomic mass is 79.9. The molecule has 1 unspecified atom stereocenters. The van der Waals surface area contributed by atoms with Gasteiger partial charge in [0.25, 0.3) is 0 Å². The minimum Gasteiger partial charge on any atom is -0.330 e. The van der Waals surface area contributed by atoms with Gasteiger partial charge in [-0.25, -0.2) is 0 Å². The summed E-state index contributed by atoms with van der Waals surface area (Å²) < 4.78 is 1.19. The van der Waals surface area contributed by atoms with Crippen molar-refractivity contribution in [3.8, 4) is 0 Å². The third kappa shape index (κ3) is 3.35. The Morgan fingerprint density at radius 3 is 2.43 bits per heavy atom. The lowest BCUT2D eigenvalue weighted by atomic mass is 9.91. The van der Waals surface area contributed by atoms with Gasteiger partial charge >= 0.3 is 0 Å². The Balaban J connectivity index is 2.51. The quantitative estimate of drug-likeness (QED) is 0.867. The van der Waals surface area contributed by atoms with Crippen LogP contribution in [0, 0.1) is 11.8 Å². The Labute approximate surface area is 97.8 Å². The van der Waals surface area contributed by atoms with Gasteiger partial charge in [-0.05, 0) is 59.4 Å². The first-order valence-corrected chi connectivity index (χ1v) is 6.42. The maximum absolute atomic E-state index is 5.66. The normalized spacial score (nSPS) is 13.5. The molecule has 80 valence electrons. The van der Waals surface area contributed by atoms with E-state index in [-0.39, 0.29) is 0 Å². The summed E-state index contributed by atoms with van der Waals surface area (Å²) in [7, 11) is 0. The van der Waals surface area contributed by atoms with E-state index in [1.165, 1.54) is 8.66 Å². The first-order chi connectivity index (χ1) is 6.67. The van der Waals surface area contributed by atoms with E-state index in [9.17, 15) is 0 Å². The SMILES string of the molecule is CC(Cc1ccc(Br)s1)C(CN)CN. The highest BCUT2D eigenvalue weighted by Gasteiger charge is 2.15. The highest BCUT2D eigenvalue weighted by molar-refractivity contribution is 9.11. The number of hydrogen-bond acceptors (Lipinski definition) is 3. The van der Waals surface area contributed by atoms with Crippen molar-refractivity contribution < 1.29 is 0 Å². The van der Waals surface area contributed by atoms with E-state index in [0.29, 0.717) is 24.9 Å². The van der Waals surface area contributed by atoms with Gasteiger partial charge in [0.15, 0.2) is 0 Å². The van der Waals surface area contributed by atoms with Crippen LogP contribution in [-0.2, 0) is 6.42 Å². The zero-order valence-electron chi connectivity index (χ0n) is 8.37. The van der Waals surface area contributed by atoms with Crippen molar-refractivity contribution in [3.05, 3.63) is 20.8 Å². The van der Waals surface area contributed by atoms with E-state index in [4.69, 9.17) is 11.5 Å². The number of hydrogen-bond donors (Lipinski definition) is 2. The van der Waals surface area contributed by atoms with Crippen LogP contribution < -0.4 is 11.5 Å².